The average Bonchev–Trinajstić information content (AvgIpc) is 2.74. The lowest BCUT2D eigenvalue weighted by Crippen LogP contribution is -2.06. The quantitative estimate of drug-likeness (QED) is 0.318. The minimum absolute atomic E-state index is 0.168. The molecule has 1 atom stereocenters. The standard InChI is InChI=1S/C22H13Cl3FN3OS/c1-31(30)22-19(21-16(25)10-14(24)11-27-21)18(12-6-8-13(23)9-7-12)20(28-29-22)15-4-2-3-5-17(15)26/h2-11H,1H3. The highest BCUT2D eigenvalue weighted by Gasteiger charge is 2.26. The molecule has 0 saturated heterocycles. The van der Waals surface area contributed by atoms with Gasteiger partial charge in [0.15, 0.2) is 5.03 Å². The fourth-order valence-electron chi connectivity index (χ4n) is 3.18. The van der Waals surface area contributed by atoms with E-state index in [2.05, 4.69) is 15.2 Å². The summed E-state index contributed by atoms with van der Waals surface area (Å²) in [6, 6.07) is 14.7. The van der Waals surface area contributed by atoms with Gasteiger partial charge < -0.3 is 0 Å². The maximum atomic E-state index is 14.8. The summed E-state index contributed by atoms with van der Waals surface area (Å²) in [6.07, 6.45) is 2.91. The van der Waals surface area contributed by atoms with Crippen LogP contribution in [0.4, 0.5) is 4.39 Å². The Bertz CT molecular complexity index is 1320. The molecule has 1 unspecified atom stereocenters. The zero-order chi connectivity index (χ0) is 22.1. The molecule has 0 aliphatic rings. The van der Waals surface area contributed by atoms with Crippen molar-refractivity contribution in [1.29, 1.82) is 0 Å². The highest BCUT2D eigenvalue weighted by molar-refractivity contribution is 7.84. The lowest BCUT2D eigenvalue weighted by molar-refractivity contribution is 0.630. The summed E-state index contributed by atoms with van der Waals surface area (Å²) < 4.78 is 27.3. The van der Waals surface area contributed by atoms with E-state index in [0.717, 1.165) is 0 Å². The van der Waals surface area contributed by atoms with Gasteiger partial charge in [-0.15, -0.1) is 10.2 Å². The van der Waals surface area contributed by atoms with E-state index < -0.39 is 16.6 Å². The highest BCUT2D eigenvalue weighted by atomic mass is 35.5. The van der Waals surface area contributed by atoms with E-state index in [-0.39, 0.29) is 21.3 Å². The summed E-state index contributed by atoms with van der Waals surface area (Å²) in [4.78, 5) is 4.37. The van der Waals surface area contributed by atoms with Crippen molar-refractivity contribution in [1.82, 2.24) is 15.2 Å². The van der Waals surface area contributed by atoms with Gasteiger partial charge in [-0.2, -0.15) is 0 Å². The maximum Gasteiger partial charge on any atom is 0.159 e. The summed E-state index contributed by atoms with van der Waals surface area (Å²) in [5, 5.41) is 9.70. The molecule has 4 nitrogen and oxygen atoms in total. The number of aromatic nitrogens is 3. The number of hydrogen-bond donors (Lipinski definition) is 0. The number of pyridine rings is 1. The second-order valence-electron chi connectivity index (χ2n) is 6.53. The fraction of sp³-hybridized carbons (Fsp3) is 0.0455. The number of benzene rings is 2. The van der Waals surface area contributed by atoms with Crippen LogP contribution in [0.3, 0.4) is 0 Å². The van der Waals surface area contributed by atoms with E-state index in [4.69, 9.17) is 34.8 Å². The molecule has 0 aliphatic heterocycles. The smallest absolute Gasteiger partial charge is 0.159 e. The van der Waals surface area contributed by atoms with Crippen LogP contribution in [-0.2, 0) is 10.8 Å². The Balaban J connectivity index is 2.17. The van der Waals surface area contributed by atoms with Gasteiger partial charge >= 0.3 is 0 Å². The van der Waals surface area contributed by atoms with Crippen molar-refractivity contribution in [3.8, 4) is 33.6 Å². The van der Waals surface area contributed by atoms with Crippen molar-refractivity contribution < 1.29 is 8.60 Å². The molecule has 0 N–H and O–H groups in total. The van der Waals surface area contributed by atoms with E-state index in [1.807, 2.05) is 0 Å². The molecule has 2 aromatic heterocycles. The van der Waals surface area contributed by atoms with Crippen LogP contribution in [0.2, 0.25) is 15.1 Å². The molecule has 2 heterocycles. The fourth-order valence-corrected chi connectivity index (χ4v) is 4.42. The van der Waals surface area contributed by atoms with Gasteiger partial charge in [-0.1, -0.05) is 59.1 Å². The van der Waals surface area contributed by atoms with Crippen molar-refractivity contribution in [2.24, 2.45) is 0 Å². The van der Waals surface area contributed by atoms with Gasteiger partial charge in [0.05, 0.1) is 26.5 Å². The molecule has 31 heavy (non-hydrogen) atoms. The van der Waals surface area contributed by atoms with Crippen molar-refractivity contribution in [3.63, 3.8) is 0 Å². The first-order chi connectivity index (χ1) is 14.9. The van der Waals surface area contributed by atoms with E-state index >= 15 is 0 Å². The third-order valence-electron chi connectivity index (χ3n) is 4.52. The molecule has 0 spiro atoms. The van der Waals surface area contributed by atoms with Crippen molar-refractivity contribution in [2.45, 2.75) is 5.03 Å². The summed E-state index contributed by atoms with van der Waals surface area (Å²) in [5.41, 5.74) is 2.34. The maximum absolute atomic E-state index is 14.8. The van der Waals surface area contributed by atoms with Crippen LogP contribution >= 0.6 is 34.8 Å². The van der Waals surface area contributed by atoms with Crippen LogP contribution in [0.5, 0.6) is 0 Å². The van der Waals surface area contributed by atoms with Gasteiger partial charge in [0.2, 0.25) is 0 Å². The number of rotatable bonds is 4. The molecule has 9 heteroatoms. The van der Waals surface area contributed by atoms with Crippen molar-refractivity contribution >= 4 is 45.6 Å². The second kappa shape index (κ2) is 9.01. The van der Waals surface area contributed by atoms with Crippen LogP contribution in [0.15, 0.2) is 65.8 Å². The van der Waals surface area contributed by atoms with E-state index in [0.29, 0.717) is 32.4 Å². The summed E-state index contributed by atoms with van der Waals surface area (Å²) in [5.74, 6) is -0.474. The molecule has 0 aliphatic carbocycles. The van der Waals surface area contributed by atoms with Crippen LogP contribution < -0.4 is 0 Å². The zero-order valence-electron chi connectivity index (χ0n) is 15.9. The van der Waals surface area contributed by atoms with E-state index in [9.17, 15) is 8.60 Å². The molecule has 0 saturated carbocycles. The molecular weight excluding hydrogens is 480 g/mol. The van der Waals surface area contributed by atoms with Crippen LogP contribution in [-0.4, -0.2) is 25.6 Å². The molecule has 0 amide bonds. The number of nitrogens with zero attached hydrogens (tertiary/aromatic N) is 3. The van der Waals surface area contributed by atoms with E-state index in [1.54, 1.807) is 42.5 Å². The first-order valence-corrected chi connectivity index (χ1v) is 11.6. The first kappa shape index (κ1) is 21.8. The topological polar surface area (TPSA) is 55.7 Å². The van der Waals surface area contributed by atoms with Crippen molar-refractivity contribution in [3.05, 3.63) is 81.7 Å². The van der Waals surface area contributed by atoms with Gasteiger partial charge in [0.1, 0.15) is 11.5 Å². The molecular formula is C22H13Cl3FN3OS. The monoisotopic (exact) mass is 491 g/mol. The molecule has 4 rings (SSSR count). The average molecular weight is 493 g/mol. The lowest BCUT2D eigenvalue weighted by Gasteiger charge is -2.17. The predicted octanol–water partition coefficient (Wildman–Crippen LogP) is 6.71. The minimum atomic E-state index is -1.54. The second-order valence-corrected chi connectivity index (χ2v) is 9.10. The van der Waals surface area contributed by atoms with Crippen LogP contribution in [0.1, 0.15) is 0 Å². The third-order valence-corrected chi connectivity index (χ3v) is 6.10. The van der Waals surface area contributed by atoms with Gasteiger partial charge in [0.25, 0.3) is 0 Å². The Hall–Kier alpha value is -2.38. The predicted molar refractivity (Wildman–Crippen MR) is 123 cm³/mol. The van der Waals surface area contributed by atoms with Gasteiger partial charge in [-0.05, 0) is 35.9 Å². The molecule has 0 radical (unpaired) electrons. The number of hydrogen-bond acceptors (Lipinski definition) is 4. The molecule has 0 fully saturated rings. The van der Waals surface area contributed by atoms with Crippen LogP contribution in [0, 0.1) is 5.82 Å². The van der Waals surface area contributed by atoms with Crippen LogP contribution in [0.25, 0.3) is 33.6 Å². The first-order valence-electron chi connectivity index (χ1n) is 8.93. The van der Waals surface area contributed by atoms with Gasteiger partial charge in [-0.25, -0.2) is 4.39 Å². The zero-order valence-corrected chi connectivity index (χ0v) is 19.0. The molecule has 2 aromatic carbocycles. The van der Waals surface area contributed by atoms with Crippen molar-refractivity contribution in [2.75, 3.05) is 6.26 Å². The highest BCUT2D eigenvalue weighted by Crippen LogP contribution is 2.43. The molecule has 4 aromatic rings. The van der Waals surface area contributed by atoms with E-state index in [1.165, 1.54) is 24.6 Å². The number of halogens is 4. The minimum Gasteiger partial charge on any atom is -0.253 e. The summed E-state index contributed by atoms with van der Waals surface area (Å²) in [6.45, 7) is 0. The normalized spacial score (nSPS) is 12.0. The lowest BCUT2D eigenvalue weighted by atomic mass is 9.94. The Morgan fingerprint density at radius 1 is 0.871 bits per heavy atom. The Kier molecular flexibility index (Phi) is 6.34. The van der Waals surface area contributed by atoms with Gasteiger partial charge in [-0.3, -0.25) is 9.19 Å². The third kappa shape index (κ3) is 4.34. The summed E-state index contributed by atoms with van der Waals surface area (Å²) in [7, 11) is -1.54. The Morgan fingerprint density at radius 3 is 2.23 bits per heavy atom. The Labute approximate surface area is 195 Å². The molecule has 0 bridgehead atoms. The largest absolute Gasteiger partial charge is 0.253 e. The van der Waals surface area contributed by atoms with Gasteiger partial charge in [0, 0.05) is 34.2 Å². The SMILES string of the molecule is CS(=O)c1nnc(-c2ccccc2F)c(-c2ccc(Cl)cc2)c1-c1ncc(Cl)cc1Cl. The summed E-state index contributed by atoms with van der Waals surface area (Å²) >= 11 is 18.6. The Morgan fingerprint density at radius 2 is 1.58 bits per heavy atom. The molecule has 156 valence electrons.